The van der Waals surface area contributed by atoms with Gasteiger partial charge in [0, 0.05) is 44.2 Å². The van der Waals surface area contributed by atoms with Gasteiger partial charge < -0.3 is 9.47 Å². The van der Waals surface area contributed by atoms with Gasteiger partial charge in [0.15, 0.2) is 11.6 Å². The molecule has 0 unspecified atom stereocenters. The lowest BCUT2D eigenvalue weighted by Crippen LogP contribution is -2.32. The van der Waals surface area contributed by atoms with Gasteiger partial charge in [0.05, 0.1) is 13.2 Å². The second kappa shape index (κ2) is 8.36. The van der Waals surface area contributed by atoms with Crippen LogP contribution in [0.1, 0.15) is 24.0 Å². The first-order valence-electron chi connectivity index (χ1n) is 8.41. The standard InChI is InChI=1S/C19H22F2N2O2/c1-24-18-5-4-17(20)19(21)16(18)13-23(12-15-3-2-10-25-15)11-14-6-8-22-9-7-14/h4-9,15H,2-3,10-13H2,1H3/t15-/m0/s1. The van der Waals surface area contributed by atoms with E-state index in [9.17, 15) is 8.78 Å². The summed E-state index contributed by atoms with van der Waals surface area (Å²) in [6.45, 7) is 2.25. The van der Waals surface area contributed by atoms with E-state index in [2.05, 4.69) is 9.88 Å². The molecular weight excluding hydrogens is 326 g/mol. The molecule has 0 radical (unpaired) electrons. The molecule has 1 aromatic carbocycles. The molecule has 1 saturated heterocycles. The Morgan fingerprint density at radius 1 is 1.20 bits per heavy atom. The zero-order valence-electron chi connectivity index (χ0n) is 14.3. The third-order valence-corrected chi connectivity index (χ3v) is 4.40. The van der Waals surface area contributed by atoms with E-state index in [1.807, 2.05) is 12.1 Å². The number of nitrogens with zero attached hydrogens (tertiary/aromatic N) is 2. The predicted molar refractivity (Wildman–Crippen MR) is 90.2 cm³/mol. The number of halogens is 2. The second-order valence-corrected chi connectivity index (χ2v) is 6.20. The van der Waals surface area contributed by atoms with E-state index in [4.69, 9.17) is 9.47 Å². The van der Waals surface area contributed by atoms with Gasteiger partial charge in [-0.05, 0) is 42.7 Å². The molecule has 0 aliphatic carbocycles. The van der Waals surface area contributed by atoms with Crippen LogP contribution in [0.15, 0.2) is 36.7 Å². The highest BCUT2D eigenvalue weighted by Gasteiger charge is 2.23. The van der Waals surface area contributed by atoms with Crippen LogP contribution >= 0.6 is 0 Å². The smallest absolute Gasteiger partial charge is 0.167 e. The van der Waals surface area contributed by atoms with Crippen LogP contribution in [-0.2, 0) is 17.8 Å². The van der Waals surface area contributed by atoms with Gasteiger partial charge in [-0.1, -0.05) is 0 Å². The van der Waals surface area contributed by atoms with Crippen molar-refractivity contribution in [1.82, 2.24) is 9.88 Å². The van der Waals surface area contributed by atoms with Crippen LogP contribution in [-0.4, -0.2) is 36.2 Å². The molecule has 1 aliphatic heterocycles. The quantitative estimate of drug-likeness (QED) is 0.766. The normalized spacial score (nSPS) is 17.2. The second-order valence-electron chi connectivity index (χ2n) is 6.20. The monoisotopic (exact) mass is 348 g/mol. The number of ether oxygens (including phenoxy) is 2. The molecule has 6 heteroatoms. The highest BCUT2D eigenvalue weighted by molar-refractivity contribution is 5.35. The van der Waals surface area contributed by atoms with Crippen molar-refractivity contribution >= 4 is 0 Å². The first-order chi connectivity index (χ1) is 12.2. The molecule has 1 aliphatic rings. The third kappa shape index (κ3) is 4.52. The molecule has 3 rings (SSSR count). The Bertz CT molecular complexity index is 691. The minimum absolute atomic E-state index is 0.115. The molecule has 2 aromatic rings. The number of methoxy groups -OCH3 is 1. The maximum atomic E-state index is 14.3. The molecule has 1 atom stereocenters. The van der Waals surface area contributed by atoms with Gasteiger partial charge in [-0.3, -0.25) is 9.88 Å². The molecular formula is C19H22F2N2O2. The number of hydrogen-bond acceptors (Lipinski definition) is 4. The Morgan fingerprint density at radius 2 is 2.00 bits per heavy atom. The molecule has 0 saturated carbocycles. The number of pyridine rings is 1. The number of rotatable bonds is 7. The summed E-state index contributed by atoms with van der Waals surface area (Å²) in [6.07, 6.45) is 5.58. The molecule has 134 valence electrons. The molecule has 4 nitrogen and oxygen atoms in total. The van der Waals surface area contributed by atoms with Gasteiger partial charge in [0.25, 0.3) is 0 Å². The summed E-state index contributed by atoms with van der Waals surface area (Å²) in [4.78, 5) is 6.08. The summed E-state index contributed by atoms with van der Waals surface area (Å²) in [5.41, 5.74) is 1.29. The Morgan fingerprint density at radius 3 is 2.68 bits per heavy atom. The average molecular weight is 348 g/mol. The van der Waals surface area contributed by atoms with Gasteiger partial charge in [0.1, 0.15) is 5.75 Å². The fourth-order valence-corrected chi connectivity index (χ4v) is 3.14. The van der Waals surface area contributed by atoms with Crippen molar-refractivity contribution in [3.05, 3.63) is 59.4 Å². The van der Waals surface area contributed by atoms with E-state index in [0.29, 0.717) is 18.8 Å². The predicted octanol–water partition coefficient (Wildman–Crippen LogP) is 3.55. The van der Waals surface area contributed by atoms with Crippen LogP contribution < -0.4 is 4.74 Å². The Kier molecular flexibility index (Phi) is 5.94. The summed E-state index contributed by atoms with van der Waals surface area (Å²) in [6, 6.07) is 6.39. The molecule has 0 spiro atoms. The number of benzene rings is 1. The van der Waals surface area contributed by atoms with Gasteiger partial charge in [-0.25, -0.2) is 8.78 Å². The number of hydrogen-bond donors (Lipinski definition) is 0. The van der Waals surface area contributed by atoms with Crippen molar-refractivity contribution in [3.63, 3.8) is 0 Å². The molecule has 2 heterocycles. The van der Waals surface area contributed by atoms with E-state index in [1.165, 1.54) is 13.2 Å². The highest BCUT2D eigenvalue weighted by atomic mass is 19.2. The molecule has 1 aromatic heterocycles. The van der Waals surface area contributed by atoms with Gasteiger partial charge in [-0.2, -0.15) is 0 Å². The molecule has 0 bridgehead atoms. The summed E-state index contributed by atoms with van der Waals surface area (Å²) < 4.78 is 39.0. The van der Waals surface area contributed by atoms with E-state index >= 15 is 0 Å². The molecule has 1 fully saturated rings. The van der Waals surface area contributed by atoms with E-state index in [1.54, 1.807) is 12.4 Å². The van der Waals surface area contributed by atoms with Crippen molar-refractivity contribution in [3.8, 4) is 5.75 Å². The molecule has 0 amide bonds. The van der Waals surface area contributed by atoms with Crippen molar-refractivity contribution < 1.29 is 18.3 Å². The van der Waals surface area contributed by atoms with Crippen LogP contribution in [0.4, 0.5) is 8.78 Å². The van der Waals surface area contributed by atoms with Crippen molar-refractivity contribution in [2.75, 3.05) is 20.3 Å². The van der Waals surface area contributed by atoms with E-state index in [-0.39, 0.29) is 18.2 Å². The SMILES string of the molecule is COc1ccc(F)c(F)c1CN(Cc1ccncc1)C[C@@H]1CCCO1. The third-order valence-electron chi connectivity index (χ3n) is 4.40. The minimum atomic E-state index is -0.864. The first kappa shape index (κ1) is 17.8. The van der Waals surface area contributed by atoms with Crippen molar-refractivity contribution in [2.24, 2.45) is 0 Å². The van der Waals surface area contributed by atoms with Crippen LogP contribution in [0, 0.1) is 11.6 Å². The van der Waals surface area contributed by atoms with Crippen LogP contribution in [0.2, 0.25) is 0 Å². The van der Waals surface area contributed by atoms with Crippen LogP contribution in [0.3, 0.4) is 0 Å². The van der Waals surface area contributed by atoms with Crippen LogP contribution in [0.5, 0.6) is 5.75 Å². The maximum absolute atomic E-state index is 14.3. The fourth-order valence-electron chi connectivity index (χ4n) is 3.14. The lowest BCUT2D eigenvalue weighted by Gasteiger charge is -2.26. The summed E-state index contributed by atoms with van der Waals surface area (Å²) >= 11 is 0. The van der Waals surface area contributed by atoms with Crippen molar-refractivity contribution in [2.45, 2.75) is 32.0 Å². The minimum Gasteiger partial charge on any atom is -0.496 e. The zero-order chi connectivity index (χ0) is 17.6. The summed E-state index contributed by atoms with van der Waals surface area (Å²) in [5, 5.41) is 0. The molecule has 25 heavy (non-hydrogen) atoms. The highest BCUT2D eigenvalue weighted by Crippen LogP contribution is 2.26. The molecule has 0 N–H and O–H groups in total. The average Bonchev–Trinajstić information content (AvgIpc) is 3.13. The van der Waals surface area contributed by atoms with E-state index in [0.717, 1.165) is 31.1 Å². The first-order valence-corrected chi connectivity index (χ1v) is 8.41. The Labute approximate surface area is 146 Å². The van der Waals surface area contributed by atoms with Gasteiger partial charge in [-0.15, -0.1) is 0 Å². The lowest BCUT2D eigenvalue weighted by atomic mass is 10.1. The van der Waals surface area contributed by atoms with Gasteiger partial charge in [0.2, 0.25) is 0 Å². The lowest BCUT2D eigenvalue weighted by molar-refractivity contribution is 0.0671. The number of aromatic nitrogens is 1. The topological polar surface area (TPSA) is 34.6 Å². The summed E-state index contributed by atoms with van der Waals surface area (Å²) in [7, 11) is 1.46. The Balaban J connectivity index is 1.82. The maximum Gasteiger partial charge on any atom is 0.167 e. The zero-order valence-corrected chi connectivity index (χ0v) is 14.3. The summed E-state index contributed by atoms with van der Waals surface area (Å²) in [5.74, 6) is -1.37. The van der Waals surface area contributed by atoms with Crippen LogP contribution in [0.25, 0.3) is 0 Å². The largest absolute Gasteiger partial charge is 0.496 e. The van der Waals surface area contributed by atoms with E-state index < -0.39 is 11.6 Å². The fraction of sp³-hybridized carbons (Fsp3) is 0.421. The van der Waals surface area contributed by atoms with Gasteiger partial charge >= 0.3 is 0 Å². The Hall–Kier alpha value is -2.05. The van der Waals surface area contributed by atoms with Crippen molar-refractivity contribution in [1.29, 1.82) is 0 Å².